The fourth-order valence-electron chi connectivity index (χ4n) is 6.30. The Bertz CT molecular complexity index is 1420. The molecule has 1 aromatic heterocycles. The van der Waals surface area contributed by atoms with Crippen LogP contribution >= 0.6 is 11.3 Å². The van der Waals surface area contributed by atoms with Gasteiger partial charge in [0.05, 0.1) is 32.0 Å². The fourth-order valence-corrected chi connectivity index (χ4v) is 7.17. The highest BCUT2D eigenvalue weighted by molar-refractivity contribution is 7.13. The fraction of sp³-hybridized carbons (Fsp3) is 0.417. The maximum absolute atomic E-state index is 13.2. The number of rotatable bonds is 12. The molecule has 244 valence electrons. The number of alkyl halides is 3. The van der Waals surface area contributed by atoms with Crippen molar-refractivity contribution in [2.45, 2.75) is 57.2 Å². The summed E-state index contributed by atoms with van der Waals surface area (Å²) in [5.74, 6) is 0.276. The van der Waals surface area contributed by atoms with E-state index >= 15 is 0 Å². The highest BCUT2D eigenvalue weighted by Gasteiger charge is 2.41. The first-order valence-corrected chi connectivity index (χ1v) is 16.8. The normalized spacial score (nSPS) is 21.5. The summed E-state index contributed by atoms with van der Waals surface area (Å²) in [7, 11) is 0. The van der Waals surface area contributed by atoms with Gasteiger partial charge in [-0.05, 0) is 35.4 Å². The molecule has 0 amide bonds. The van der Waals surface area contributed by atoms with Gasteiger partial charge in [0.25, 0.3) is 0 Å². The van der Waals surface area contributed by atoms with Gasteiger partial charge in [0.1, 0.15) is 6.10 Å². The molecule has 2 saturated heterocycles. The molecule has 0 bridgehead atoms. The predicted octanol–water partition coefficient (Wildman–Crippen LogP) is 7.45. The van der Waals surface area contributed by atoms with Gasteiger partial charge >= 0.3 is 6.18 Å². The van der Waals surface area contributed by atoms with Crippen molar-refractivity contribution in [3.63, 3.8) is 0 Å². The highest BCUT2D eigenvalue weighted by atomic mass is 32.1. The van der Waals surface area contributed by atoms with E-state index in [4.69, 9.17) is 14.2 Å². The smallest absolute Gasteiger partial charge is 0.369 e. The van der Waals surface area contributed by atoms with Gasteiger partial charge < -0.3 is 19.1 Å². The minimum atomic E-state index is -4.43. The zero-order chi connectivity index (χ0) is 31.8. The highest BCUT2D eigenvalue weighted by Crippen LogP contribution is 2.35. The van der Waals surface area contributed by atoms with Crippen LogP contribution in [0.4, 0.5) is 18.3 Å². The number of piperidine rings is 2. The number of ether oxygens (including phenoxy) is 3. The van der Waals surface area contributed by atoms with Crippen molar-refractivity contribution < 1.29 is 27.4 Å². The number of likely N-dealkylation sites (tertiary alicyclic amines) is 1. The van der Waals surface area contributed by atoms with Crippen molar-refractivity contribution in [3.05, 3.63) is 119 Å². The van der Waals surface area contributed by atoms with Crippen molar-refractivity contribution in [1.29, 1.82) is 0 Å². The van der Waals surface area contributed by atoms with E-state index in [0.717, 1.165) is 52.8 Å². The summed E-state index contributed by atoms with van der Waals surface area (Å²) in [5, 5.41) is 1.56. The van der Waals surface area contributed by atoms with Gasteiger partial charge in [-0.15, -0.1) is 11.3 Å². The molecule has 6 nitrogen and oxygen atoms in total. The van der Waals surface area contributed by atoms with Crippen LogP contribution in [0.2, 0.25) is 0 Å². The Morgan fingerprint density at radius 2 is 1.24 bits per heavy atom. The zero-order valence-corrected chi connectivity index (χ0v) is 26.5. The molecule has 46 heavy (non-hydrogen) atoms. The van der Waals surface area contributed by atoms with Gasteiger partial charge in [-0.25, -0.2) is 4.98 Å². The zero-order valence-electron chi connectivity index (χ0n) is 25.7. The second-order valence-corrected chi connectivity index (χ2v) is 13.0. The molecule has 0 spiro atoms. The molecule has 0 unspecified atom stereocenters. The third kappa shape index (κ3) is 8.95. The first-order chi connectivity index (χ1) is 22.4. The van der Waals surface area contributed by atoms with Crippen LogP contribution in [0.5, 0.6) is 0 Å². The lowest BCUT2D eigenvalue weighted by Crippen LogP contribution is -2.59. The summed E-state index contributed by atoms with van der Waals surface area (Å²) in [6.07, 6.45) is -3.30. The second kappa shape index (κ2) is 15.5. The van der Waals surface area contributed by atoms with Gasteiger partial charge in [0.2, 0.25) is 0 Å². The molecule has 2 fully saturated rings. The summed E-state index contributed by atoms with van der Waals surface area (Å²) >= 11 is 1.07. The molecule has 2 aliphatic rings. The monoisotopic (exact) mass is 651 g/mol. The molecular formula is C36H40F3N3O3S. The van der Waals surface area contributed by atoms with Crippen LogP contribution in [0.1, 0.15) is 35.2 Å². The minimum absolute atomic E-state index is 0.244. The van der Waals surface area contributed by atoms with Crippen molar-refractivity contribution in [1.82, 2.24) is 9.88 Å². The standard InChI is InChI=1S/C36H40F3N3O3S/c37-36(38,39)33-26-46-35(40-33)42-18-10-17-30(20-42)19-41-21-31(43-23-27-11-4-1-5-12-27)34(45-25-29-15-8-3-9-16-29)32(22-41)44-24-28-13-6-2-7-14-28/h1-9,11-16,26,30-32,34H,10,17-25H2/t30-,31-,32-/m0/s1. The lowest BCUT2D eigenvalue weighted by Gasteiger charge is -2.45. The largest absolute Gasteiger partial charge is 0.434 e. The van der Waals surface area contributed by atoms with Crippen LogP contribution in [0.15, 0.2) is 96.4 Å². The van der Waals surface area contributed by atoms with Crippen LogP contribution in [-0.4, -0.2) is 60.9 Å². The minimum Gasteiger partial charge on any atom is -0.369 e. The summed E-state index contributed by atoms with van der Waals surface area (Å²) in [6, 6.07) is 30.4. The van der Waals surface area contributed by atoms with Crippen LogP contribution in [0.25, 0.3) is 0 Å². The Morgan fingerprint density at radius 1 is 0.717 bits per heavy atom. The molecular weight excluding hydrogens is 611 g/mol. The molecule has 10 heteroatoms. The van der Waals surface area contributed by atoms with Gasteiger partial charge in [0, 0.05) is 38.1 Å². The van der Waals surface area contributed by atoms with Crippen LogP contribution in [0.3, 0.4) is 0 Å². The summed E-state index contributed by atoms with van der Waals surface area (Å²) in [4.78, 5) is 8.33. The topological polar surface area (TPSA) is 47.1 Å². The van der Waals surface area contributed by atoms with E-state index in [-0.39, 0.29) is 24.2 Å². The van der Waals surface area contributed by atoms with E-state index in [2.05, 4.69) is 46.3 Å². The molecule has 6 rings (SSSR count). The number of hydrogen-bond acceptors (Lipinski definition) is 7. The van der Waals surface area contributed by atoms with Crippen molar-refractivity contribution in [2.24, 2.45) is 5.92 Å². The Hall–Kier alpha value is -3.28. The first kappa shape index (κ1) is 32.7. The lowest BCUT2D eigenvalue weighted by molar-refractivity contribution is -0.185. The Labute approximate surface area is 272 Å². The lowest BCUT2D eigenvalue weighted by atomic mass is 9.94. The Balaban J connectivity index is 1.18. The van der Waals surface area contributed by atoms with Gasteiger partial charge in [0.15, 0.2) is 10.8 Å². The van der Waals surface area contributed by atoms with E-state index in [9.17, 15) is 13.2 Å². The van der Waals surface area contributed by atoms with E-state index in [1.165, 1.54) is 0 Å². The number of halogens is 3. The number of thiazole rings is 1. The van der Waals surface area contributed by atoms with Crippen LogP contribution in [0, 0.1) is 5.92 Å². The quantitative estimate of drug-likeness (QED) is 0.159. The number of aromatic nitrogens is 1. The summed E-state index contributed by atoms with van der Waals surface area (Å²) < 4.78 is 59.6. The molecule has 3 heterocycles. The first-order valence-electron chi connectivity index (χ1n) is 15.9. The average molecular weight is 652 g/mol. The number of hydrogen-bond donors (Lipinski definition) is 0. The van der Waals surface area contributed by atoms with Gasteiger partial charge in [-0.3, -0.25) is 4.90 Å². The third-order valence-electron chi connectivity index (χ3n) is 8.60. The molecule has 3 aromatic carbocycles. The van der Waals surface area contributed by atoms with Crippen LogP contribution in [-0.2, 0) is 40.2 Å². The molecule has 3 atom stereocenters. The Kier molecular flexibility index (Phi) is 11.0. The molecule has 0 saturated carbocycles. The Morgan fingerprint density at radius 3 is 1.74 bits per heavy atom. The van der Waals surface area contributed by atoms with Gasteiger partial charge in [-0.2, -0.15) is 13.2 Å². The number of nitrogens with zero attached hydrogens (tertiary/aromatic N) is 3. The van der Waals surface area contributed by atoms with Crippen LogP contribution < -0.4 is 4.90 Å². The summed E-state index contributed by atoms with van der Waals surface area (Å²) in [5.41, 5.74) is 2.45. The molecule has 2 aliphatic heterocycles. The van der Waals surface area contributed by atoms with E-state index in [0.29, 0.717) is 51.1 Å². The summed E-state index contributed by atoms with van der Waals surface area (Å²) in [6.45, 7) is 4.87. The van der Waals surface area contributed by atoms with E-state index < -0.39 is 11.9 Å². The number of benzene rings is 3. The maximum atomic E-state index is 13.2. The van der Waals surface area contributed by atoms with E-state index in [1.807, 2.05) is 59.5 Å². The van der Waals surface area contributed by atoms with E-state index in [1.54, 1.807) is 0 Å². The average Bonchev–Trinajstić information content (AvgIpc) is 3.59. The predicted molar refractivity (Wildman–Crippen MR) is 174 cm³/mol. The molecule has 4 aromatic rings. The molecule has 0 aliphatic carbocycles. The molecule has 0 N–H and O–H groups in total. The number of anilines is 1. The van der Waals surface area contributed by atoms with Crippen molar-refractivity contribution >= 4 is 16.5 Å². The third-order valence-corrected chi connectivity index (χ3v) is 9.50. The van der Waals surface area contributed by atoms with Crippen molar-refractivity contribution in [3.8, 4) is 0 Å². The molecule has 0 radical (unpaired) electrons. The second-order valence-electron chi connectivity index (χ2n) is 12.1. The SMILES string of the molecule is FC(F)(F)c1csc(N2CCC[C@@H](CN3C[C@H](OCc4ccccc4)C(OCc4ccccc4)[C@@H](OCc4ccccc4)C3)C2)n1. The van der Waals surface area contributed by atoms with Crippen molar-refractivity contribution in [2.75, 3.05) is 37.6 Å². The maximum Gasteiger partial charge on any atom is 0.434 e. The van der Waals surface area contributed by atoms with Gasteiger partial charge in [-0.1, -0.05) is 91.0 Å².